The smallest absolute Gasteiger partial charge is 0.268 e. The van der Waals surface area contributed by atoms with Gasteiger partial charge in [-0.3, -0.25) is 19.8 Å². The molecule has 0 atom stereocenters. The zero-order valence-electron chi connectivity index (χ0n) is 9.02. The average molecular weight is 220 g/mol. The quantitative estimate of drug-likeness (QED) is 0.500. The van der Waals surface area contributed by atoms with Crippen LogP contribution >= 0.6 is 0 Å². The van der Waals surface area contributed by atoms with Crippen molar-refractivity contribution in [1.29, 1.82) is 0 Å². The van der Waals surface area contributed by atoms with E-state index < -0.39 is 5.41 Å². The molecule has 1 aliphatic carbocycles. The zero-order valence-corrected chi connectivity index (χ0v) is 9.02. The predicted molar refractivity (Wildman–Crippen MR) is 57.8 cm³/mol. The molecule has 84 valence electrons. The number of H-pyrrole nitrogens is 4. The first-order chi connectivity index (χ1) is 7.51. The molecule has 0 radical (unpaired) electrons. The van der Waals surface area contributed by atoms with Crippen molar-refractivity contribution in [2.45, 2.75) is 25.7 Å². The van der Waals surface area contributed by atoms with Crippen LogP contribution < -0.4 is 11.1 Å². The molecule has 6 nitrogen and oxygen atoms in total. The SMILES string of the molecule is CC1(C)c2c([nH][nH]c2=O)Cc2[nH][nH]c(=O)c21. The first-order valence-electron chi connectivity index (χ1n) is 5.12. The fourth-order valence-electron chi connectivity index (χ4n) is 2.68. The van der Waals surface area contributed by atoms with E-state index in [-0.39, 0.29) is 11.1 Å². The van der Waals surface area contributed by atoms with Gasteiger partial charge in [0.25, 0.3) is 11.1 Å². The third kappa shape index (κ3) is 0.911. The molecular formula is C10H12N4O2. The Bertz CT molecular complexity index is 611. The number of rotatable bonds is 0. The maximum atomic E-state index is 11.7. The van der Waals surface area contributed by atoms with Gasteiger partial charge >= 0.3 is 0 Å². The van der Waals surface area contributed by atoms with Crippen molar-refractivity contribution < 1.29 is 0 Å². The Morgan fingerprint density at radius 2 is 1.31 bits per heavy atom. The topological polar surface area (TPSA) is 97.3 Å². The molecule has 0 saturated heterocycles. The van der Waals surface area contributed by atoms with Crippen molar-refractivity contribution >= 4 is 0 Å². The van der Waals surface area contributed by atoms with Gasteiger partial charge in [0, 0.05) is 23.2 Å². The second-order valence-electron chi connectivity index (χ2n) is 4.67. The number of aromatic nitrogens is 4. The van der Waals surface area contributed by atoms with Gasteiger partial charge in [-0.2, -0.15) is 0 Å². The molecule has 0 saturated carbocycles. The molecule has 0 aromatic carbocycles. The summed E-state index contributed by atoms with van der Waals surface area (Å²) in [5.74, 6) is 0. The van der Waals surface area contributed by atoms with E-state index in [9.17, 15) is 9.59 Å². The molecule has 0 unspecified atom stereocenters. The maximum Gasteiger partial charge on any atom is 0.268 e. The molecule has 0 bridgehead atoms. The highest BCUT2D eigenvalue weighted by molar-refractivity contribution is 5.46. The summed E-state index contributed by atoms with van der Waals surface area (Å²) in [5, 5.41) is 10.9. The minimum Gasteiger partial charge on any atom is -0.302 e. The van der Waals surface area contributed by atoms with E-state index in [0.717, 1.165) is 11.4 Å². The molecule has 2 heterocycles. The Hall–Kier alpha value is -1.98. The van der Waals surface area contributed by atoms with Crippen molar-refractivity contribution in [2.24, 2.45) is 0 Å². The molecule has 1 aliphatic rings. The highest BCUT2D eigenvalue weighted by Crippen LogP contribution is 2.35. The van der Waals surface area contributed by atoms with Crippen LogP contribution in [0.5, 0.6) is 0 Å². The number of fused-ring (bicyclic) bond motifs is 2. The lowest BCUT2D eigenvalue weighted by molar-refractivity contribution is 0.600. The molecule has 3 rings (SSSR count). The summed E-state index contributed by atoms with van der Waals surface area (Å²) in [6, 6.07) is 0. The minimum absolute atomic E-state index is 0.147. The summed E-state index contributed by atoms with van der Waals surface area (Å²) >= 11 is 0. The summed E-state index contributed by atoms with van der Waals surface area (Å²) in [6.07, 6.45) is 0.547. The number of nitrogens with one attached hydrogen (secondary N) is 4. The van der Waals surface area contributed by atoms with Crippen molar-refractivity contribution in [1.82, 2.24) is 20.4 Å². The predicted octanol–water partition coefficient (Wildman–Crippen LogP) is -0.0505. The van der Waals surface area contributed by atoms with E-state index in [4.69, 9.17) is 0 Å². The summed E-state index contributed by atoms with van der Waals surface area (Å²) in [5.41, 5.74) is 2.15. The van der Waals surface area contributed by atoms with Crippen LogP contribution in [0.1, 0.15) is 36.4 Å². The van der Waals surface area contributed by atoms with Crippen LogP contribution in [-0.4, -0.2) is 20.4 Å². The Labute approximate surface area is 90.1 Å². The van der Waals surface area contributed by atoms with Gasteiger partial charge in [0.15, 0.2) is 0 Å². The van der Waals surface area contributed by atoms with Gasteiger partial charge < -0.3 is 10.2 Å². The average Bonchev–Trinajstić information content (AvgIpc) is 2.72. The number of hydrogen-bond donors (Lipinski definition) is 4. The third-order valence-electron chi connectivity index (χ3n) is 3.32. The Morgan fingerprint density at radius 1 is 0.875 bits per heavy atom. The van der Waals surface area contributed by atoms with Crippen LogP contribution in [0.2, 0.25) is 0 Å². The molecule has 2 aromatic heterocycles. The minimum atomic E-state index is -0.565. The first kappa shape index (κ1) is 9.26. The van der Waals surface area contributed by atoms with Gasteiger partial charge in [0.2, 0.25) is 0 Å². The van der Waals surface area contributed by atoms with Crippen LogP contribution in [0.15, 0.2) is 9.59 Å². The summed E-state index contributed by atoms with van der Waals surface area (Å²) < 4.78 is 0. The fourth-order valence-corrected chi connectivity index (χ4v) is 2.68. The molecule has 6 heteroatoms. The normalized spacial score (nSPS) is 16.9. The van der Waals surface area contributed by atoms with E-state index >= 15 is 0 Å². The molecular weight excluding hydrogens is 208 g/mol. The fraction of sp³-hybridized carbons (Fsp3) is 0.400. The summed E-state index contributed by atoms with van der Waals surface area (Å²) in [4.78, 5) is 23.4. The molecule has 4 N–H and O–H groups in total. The highest BCUT2D eigenvalue weighted by Gasteiger charge is 2.39. The lowest BCUT2D eigenvalue weighted by atomic mass is 9.73. The van der Waals surface area contributed by atoms with Crippen molar-refractivity contribution in [3.63, 3.8) is 0 Å². The van der Waals surface area contributed by atoms with Crippen LogP contribution in [-0.2, 0) is 11.8 Å². The van der Waals surface area contributed by atoms with Gasteiger partial charge in [-0.1, -0.05) is 13.8 Å². The lowest BCUT2D eigenvalue weighted by Crippen LogP contribution is -2.34. The third-order valence-corrected chi connectivity index (χ3v) is 3.32. The summed E-state index contributed by atoms with van der Waals surface area (Å²) in [7, 11) is 0. The molecule has 0 aliphatic heterocycles. The van der Waals surface area contributed by atoms with Gasteiger partial charge in [-0.25, -0.2) is 0 Å². The summed E-state index contributed by atoms with van der Waals surface area (Å²) in [6.45, 7) is 3.77. The Balaban J connectivity index is 2.41. The van der Waals surface area contributed by atoms with E-state index in [1.165, 1.54) is 0 Å². The van der Waals surface area contributed by atoms with E-state index in [0.29, 0.717) is 17.5 Å². The van der Waals surface area contributed by atoms with E-state index in [1.54, 1.807) is 0 Å². The van der Waals surface area contributed by atoms with Crippen LogP contribution in [0.4, 0.5) is 0 Å². The van der Waals surface area contributed by atoms with Crippen molar-refractivity contribution in [2.75, 3.05) is 0 Å². The molecule has 0 amide bonds. The van der Waals surface area contributed by atoms with Crippen molar-refractivity contribution in [3.8, 4) is 0 Å². The second kappa shape index (κ2) is 2.58. The van der Waals surface area contributed by atoms with E-state index in [2.05, 4.69) is 20.4 Å². The lowest BCUT2D eigenvalue weighted by Gasteiger charge is -2.27. The van der Waals surface area contributed by atoms with E-state index in [1.807, 2.05) is 13.8 Å². The number of aromatic amines is 4. The molecule has 16 heavy (non-hydrogen) atoms. The Morgan fingerprint density at radius 3 is 1.75 bits per heavy atom. The van der Waals surface area contributed by atoms with Crippen molar-refractivity contribution in [3.05, 3.63) is 43.2 Å². The highest BCUT2D eigenvalue weighted by atomic mass is 16.1. The van der Waals surface area contributed by atoms with Gasteiger partial charge in [0.05, 0.1) is 11.1 Å². The first-order valence-corrected chi connectivity index (χ1v) is 5.12. The number of hydrogen-bond acceptors (Lipinski definition) is 2. The van der Waals surface area contributed by atoms with Crippen LogP contribution in [0, 0.1) is 0 Å². The molecule has 0 spiro atoms. The van der Waals surface area contributed by atoms with Crippen LogP contribution in [0.25, 0.3) is 0 Å². The second-order valence-corrected chi connectivity index (χ2v) is 4.67. The van der Waals surface area contributed by atoms with Crippen LogP contribution in [0.3, 0.4) is 0 Å². The maximum absolute atomic E-state index is 11.7. The molecule has 0 fully saturated rings. The zero-order chi connectivity index (χ0) is 11.5. The Kier molecular flexibility index (Phi) is 1.49. The van der Waals surface area contributed by atoms with Gasteiger partial charge in [0.1, 0.15) is 0 Å². The van der Waals surface area contributed by atoms with Gasteiger partial charge in [-0.05, 0) is 0 Å². The largest absolute Gasteiger partial charge is 0.302 e. The standard InChI is InChI=1S/C10H12N4O2/c1-10(2)6-4(11-13-8(6)15)3-5-7(10)9(16)14-12-5/h3H2,1-2H3,(H2,11,13,15)(H2,12,14,16). The molecule has 2 aromatic rings. The monoisotopic (exact) mass is 220 g/mol. The van der Waals surface area contributed by atoms with Gasteiger partial charge in [-0.15, -0.1) is 0 Å².